The number of aliphatic hydroxyl groups is 1. The summed E-state index contributed by atoms with van der Waals surface area (Å²) in [5.41, 5.74) is 5.97. The number of imidazole rings is 1. The zero-order valence-electron chi connectivity index (χ0n) is 19.7. The van der Waals surface area contributed by atoms with E-state index < -0.39 is 10.0 Å². The van der Waals surface area contributed by atoms with Crippen molar-refractivity contribution in [3.8, 4) is 11.3 Å². The van der Waals surface area contributed by atoms with E-state index >= 15 is 0 Å². The Morgan fingerprint density at radius 1 is 1.11 bits per heavy atom. The molecule has 1 aromatic carbocycles. The van der Waals surface area contributed by atoms with Crippen LogP contribution in [0.25, 0.3) is 22.5 Å². The van der Waals surface area contributed by atoms with E-state index in [4.69, 9.17) is 10.1 Å². The van der Waals surface area contributed by atoms with Crippen molar-refractivity contribution >= 4 is 43.5 Å². The molecular weight excluding hydrogens is 484 g/mol. The molecule has 9 nitrogen and oxygen atoms in total. The van der Waals surface area contributed by atoms with Gasteiger partial charge >= 0.3 is 0 Å². The fraction of sp³-hybridized carbons (Fsp3) is 0.292. The normalized spacial score (nSPS) is 14.9. The van der Waals surface area contributed by atoms with Crippen molar-refractivity contribution < 1.29 is 13.5 Å². The van der Waals surface area contributed by atoms with E-state index in [1.54, 1.807) is 4.52 Å². The van der Waals surface area contributed by atoms with Crippen LogP contribution in [0, 0.1) is 6.92 Å². The molecule has 4 aromatic rings. The Labute approximate surface area is 208 Å². The van der Waals surface area contributed by atoms with E-state index in [2.05, 4.69) is 36.2 Å². The Bertz CT molecular complexity index is 1520. The fourth-order valence-electron chi connectivity index (χ4n) is 4.13. The Morgan fingerprint density at radius 2 is 1.89 bits per heavy atom. The topological polar surface area (TPSA) is 104 Å². The third kappa shape index (κ3) is 4.59. The van der Waals surface area contributed by atoms with Gasteiger partial charge in [0.1, 0.15) is 5.69 Å². The van der Waals surface area contributed by atoms with Crippen LogP contribution in [0.5, 0.6) is 0 Å². The second-order valence-corrected chi connectivity index (χ2v) is 11.4. The highest BCUT2D eigenvalue weighted by atomic mass is 32.2. The van der Waals surface area contributed by atoms with Crippen LogP contribution in [0.15, 0.2) is 47.9 Å². The number of fused-ring (bicyclic) bond motifs is 1. The molecule has 1 aliphatic heterocycles. The number of aliphatic hydroxyl groups excluding tert-OH is 1. The van der Waals surface area contributed by atoms with E-state index in [0.717, 1.165) is 27.7 Å². The quantitative estimate of drug-likeness (QED) is 0.424. The molecule has 11 heteroatoms. The zero-order valence-corrected chi connectivity index (χ0v) is 21.3. The summed E-state index contributed by atoms with van der Waals surface area (Å²) in [4.78, 5) is 11.3. The first-order valence-electron chi connectivity index (χ1n) is 11.1. The molecule has 0 bridgehead atoms. The van der Waals surface area contributed by atoms with Crippen LogP contribution in [-0.2, 0) is 16.6 Å². The van der Waals surface area contributed by atoms with Gasteiger partial charge in [0.2, 0.25) is 10.0 Å². The Hall–Kier alpha value is -3.12. The number of aryl methyl sites for hydroxylation is 1. The summed E-state index contributed by atoms with van der Waals surface area (Å²) in [6.45, 7) is 2.56. The van der Waals surface area contributed by atoms with E-state index in [1.165, 1.54) is 27.5 Å². The molecule has 0 radical (unpaired) electrons. The number of benzene rings is 1. The Morgan fingerprint density at radius 3 is 2.54 bits per heavy atom. The van der Waals surface area contributed by atoms with Gasteiger partial charge in [-0.25, -0.2) is 18.4 Å². The maximum Gasteiger partial charge on any atom is 0.211 e. The third-order valence-electron chi connectivity index (χ3n) is 6.09. The highest BCUT2D eigenvalue weighted by Crippen LogP contribution is 2.33. The van der Waals surface area contributed by atoms with Gasteiger partial charge in [0, 0.05) is 31.1 Å². The van der Waals surface area contributed by atoms with Crippen molar-refractivity contribution in [2.75, 3.05) is 31.3 Å². The average Bonchev–Trinajstić information content (AvgIpc) is 3.48. The van der Waals surface area contributed by atoms with Crippen molar-refractivity contribution in [2.24, 2.45) is 0 Å². The highest BCUT2D eigenvalue weighted by Gasteiger charge is 2.23. The molecule has 0 saturated carbocycles. The molecule has 0 saturated heterocycles. The van der Waals surface area contributed by atoms with Crippen molar-refractivity contribution in [1.29, 1.82) is 0 Å². The van der Waals surface area contributed by atoms with E-state index in [0.29, 0.717) is 36.7 Å². The first-order chi connectivity index (χ1) is 16.7. The maximum absolute atomic E-state index is 11.8. The van der Waals surface area contributed by atoms with Crippen LogP contribution in [0.1, 0.15) is 23.4 Å². The second-order valence-electron chi connectivity index (χ2n) is 8.57. The summed E-state index contributed by atoms with van der Waals surface area (Å²) in [5, 5.41) is 17.6. The SMILES string of the molecule is Cc1ccc(-c2csc(N(C)c3c(CO)nc4ccc(C5=CCN(S(C)(=O)=O)CC5)nn34)n2)cc1. The summed E-state index contributed by atoms with van der Waals surface area (Å²) in [6.07, 6.45) is 3.70. The van der Waals surface area contributed by atoms with Crippen LogP contribution in [0.4, 0.5) is 10.9 Å². The van der Waals surface area contributed by atoms with Gasteiger partial charge in [-0.1, -0.05) is 35.9 Å². The predicted octanol–water partition coefficient (Wildman–Crippen LogP) is 3.47. The molecule has 182 valence electrons. The van der Waals surface area contributed by atoms with Gasteiger partial charge < -0.3 is 10.0 Å². The molecule has 3 aromatic heterocycles. The molecule has 1 N–H and O–H groups in total. The van der Waals surface area contributed by atoms with Crippen LogP contribution in [-0.4, -0.2) is 63.8 Å². The Kier molecular flexibility index (Phi) is 6.18. The van der Waals surface area contributed by atoms with Gasteiger partial charge in [0.25, 0.3) is 0 Å². The summed E-state index contributed by atoms with van der Waals surface area (Å²) in [6, 6.07) is 12.0. The monoisotopic (exact) mass is 510 g/mol. The molecule has 0 aliphatic carbocycles. The summed E-state index contributed by atoms with van der Waals surface area (Å²) >= 11 is 1.51. The largest absolute Gasteiger partial charge is 0.390 e. The van der Waals surface area contributed by atoms with E-state index in [1.807, 2.05) is 35.5 Å². The molecule has 0 spiro atoms. The predicted molar refractivity (Wildman–Crippen MR) is 138 cm³/mol. The number of nitrogens with zero attached hydrogens (tertiary/aromatic N) is 6. The number of rotatable bonds is 6. The van der Waals surface area contributed by atoms with Crippen molar-refractivity contribution in [3.05, 3.63) is 64.8 Å². The van der Waals surface area contributed by atoms with Crippen molar-refractivity contribution in [3.63, 3.8) is 0 Å². The Balaban J connectivity index is 1.50. The highest BCUT2D eigenvalue weighted by molar-refractivity contribution is 7.88. The molecule has 4 heterocycles. The first-order valence-corrected chi connectivity index (χ1v) is 13.9. The third-order valence-corrected chi connectivity index (χ3v) is 8.27. The van der Waals surface area contributed by atoms with Crippen molar-refractivity contribution in [1.82, 2.24) is 23.9 Å². The van der Waals surface area contributed by atoms with Crippen molar-refractivity contribution in [2.45, 2.75) is 20.0 Å². The standard InChI is InChI=1S/C24H26N6O3S2/c1-16-4-6-17(7-5-16)21-15-34-24(26-21)28(2)23-20(14-31)25-22-9-8-19(27-30(22)23)18-10-12-29(13-11-18)35(3,32)33/h4-10,15,31H,11-14H2,1-3H3. The van der Waals surface area contributed by atoms with Gasteiger partial charge in [-0.05, 0) is 31.1 Å². The zero-order chi connectivity index (χ0) is 24.7. The van der Waals surface area contributed by atoms with Gasteiger partial charge in [-0.15, -0.1) is 11.3 Å². The minimum Gasteiger partial charge on any atom is -0.390 e. The molecular formula is C24H26N6O3S2. The number of anilines is 2. The van der Waals surface area contributed by atoms with Gasteiger partial charge in [-0.2, -0.15) is 13.9 Å². The van der Waals surface area contributed by atoms with Crippen LogP contribution in [0.2, 0.25) is 0 Å². The van der Waals surface area contributed by atoms with Crippen LogP contribution < -0.4 is 4.90 Å². The molecule has 0 unspecified atom stereocenters. The van der Waals surface area contributed by atoms with Crippen LogP contribution in [0.3, 0.4) is 0 Å². The van der Waals surface area contributed by atoms with Crippen LogP contribution >= 0.6 is 11.3 Å². The van der Waals surface area contributed by atoms with E-state index in [-0.39, 0.29) is 6.61 Å². The lowest BCUT2D eigenvalue weighted by Gasteiger charge is -2.24. The first kappa shape index (κ1) is 23.6. The minimum atomic E-state index is -3.22. The molecule has 0 amide bonds. The number of hydrogen-bond donors (Lipinski definition) is 1. The molecule has 35 heavy (non-hydrogen) atoms. The molecule has 0 atom stereocenters. The average molecular weight is 511 g/mol. The van der Waals surface area contributed by atoms with Gasteiger partial charge in [0.05, 0.1) is 24.3 Å². The number of sulfonamides is 1. The number of thiazole rings is 1. The minimum absolute atomic E-state index is 0.236. The fourth-order valence-corrected chi connectivity index (χ4v) is 5.70. The lowest BCUT2D eigenvalue weighted by Crippen LogP contribution is -2.33. The van der Waals surface area contributed by atoms with Gasteiger partial charge in [-0.3, -0.25) is 0 Å². The smallest absolute Gasteiger partial charge is 0.211 e. The molecule has 0 fully saturated rings. The van der Waals surface area contributed by atoms with Gasteiger partial charge in [0.15, 0.2) is 16.6 Å². The maximum atomic E-state index is 11.8. The second kappa shape index (κ2) is 9.15. The molecule has 1 aliphatic rings. The summed E-state index contributed by atoms with van der Waals surface area (Å²) < 4.78 is 26.8. The van der Waals surface area contributed by atoms with E-state index in [9.17, 15) is 13.5 Å². The lowest BCUT2D eigenvalue weighted by molar-refractivity contribution is 0.278. The number of aromatic nitrogens is 4. The summed E-state index contributed by atoms with van der Waals surface area (Å²) in [7, 11) is -1.33. The number of hydrogen-bond acceptors (Lipinski definition) is 8. The molecule has 5 rings (SSSR count). The summed E-state index contributed by atoms with van der Waals surface area (Å²) in [5.74, 6) is 0.642. The lowest BCUT2D eigenvalue weighted by atomic mass is 10.1.